The predicted octanol–water partition coefficient (Wildman–Crippen LogP) is 5.11. The van der Waals surface area contributed by atoms with Crippen molar-refractivity contribution in [1.82, 2.24) is 9.55 Å². The van der Waals surface area contributed by atoms with Crippen molar-refractivity contribution in [2.75, 3.05) is 0 Å². The monoisotopic (exact) mass is 435 g/mol. The van der Waals surface area contributed by atoms with Gasteiger partial charge in [-0.1, -0.05) is 62.4 Å². The topological polar surface area (TPSA) is 58.7 Å². The normalized spacial score (nSPS) is 10.6. The molecule has 1 heterocycles. The van der Waals surface area contributed by atoms with Gasteiger partial charge in [0.1, 0.15) is 16.4 Å². The first-order valence-electron chi connectivity index (χ1n) is 9.46. The molecule has 0 saturated carbocycles. The second kappa shape index (κ2) is 8.99. The van der Waals surface area contributed by atoms with Gasteiger partial charge in [-0.3, -0.25) is 4.79 Å². The van der Waals surface area contributed by atoms with Crippen LogP contribution in [0.25, 0.3) is 11.1 Å². The average Bonchev–Trinajstić information content (AvgIpc) is 2.72. The summed E-state index contributed by atoms with van der Waals surface area (Å²) in [6, 6.07) is 18.3. The summed E-state index contributed by atoms with van der Waals surface area (Å²) in [6.07, 6.45) is 2.32. The van der Waals surface area contributed by atoms with E-state index in [4.69, 9.17) is 0 Å². The summed E-state index contributed by atoms with van der Waals surface area (Å²) in [5.74, 6) is 0.765. The fourth-order valence-electron chi connectivity index (χ4n) is 3.46. The number of hydrogen-bond acceptors (Lipinski definition) is 3. The van der Waals surface area contributed by atoms with Crippen molar-refractivity contribution in [3.63, 3.8) is 0 Å². The zero-order chi connectivity index (χ0) is 20.1. The summed E-state index contributed by atoms with van der Waals surface area (Å²) in [7, 11) is 0. The van der Waals surface area contributed by atoms with Crippen molar-refractivity contribution in [1.29, 1.82) is 5.26 Å². The van der Waals surface area contributed by atoms with Gasteiger partial charge in [0.25, 0.3) is 5.56 Å². The Bertz CT molecular complexity index is 1080. The van der Waals surface area contributed by atoms with E-state index in [1.165, 1.54) is 0 Å². The Morgan fingerprint density at radius 1 is 1.11 bits per heavy atom. The molecule has 142 valence electrons. The zero-order valence-corrected chi connectivity index (χ0v) is 17.7. The van der Waals surface area contributed by atoms with Crippen molar-refractivity contribution in [2.24, 2.45) is 0 Å². The molecule has 0 amide bonds. The van der Waals surface area contributed by atoms with Gasteiger partial charge in [-0.25, -0.2) is 0 Å². The van der Waals surface area contributed by atoms with Gasteiger partial charge in [-0.05, 0) is 45.5 Å². The largest absolute Gasteiger partial charge is 0.328 e. The van der Waals surface area contributed by atoms with Gasteiger partial charge in [0, 0.05) is 12.1 Å². The lowest BCUT2D eigenvalue weighted by atomic mass is 9.96. The Hall–Kier alpha value is -2.71. The lowest BCUT2D eigenvalue weighted by Crippen LogP contribution is -2.23. The molecule has 0 fully saturated rings. The Morgan fingerprint density at radius 2 is 1.86 bits per heavy atom. The highest BCUT2D eigenvalue weighted by Gasteiger charge is 2.17. The number of aryl methyl sites for hydroxylation is 1. The maximum atomic E-state index is 12.2. The molecule has 0 radical (unpaired) electrons. The minimum Gasteiger partial charge on any atom is -0.328 e. The molecule has 0 aliphatic heterocycles. The molecule has 5 heteroatoms. The summed E-state index contributed by atoms with van der Waals surface area (Å²) in [5, 5.41) is 9.90. The molecule has 0 N–H and O–H groups in total. The molecule has 0 bridgehead atoms. The smallest absolute Gasteiger partial charge is 0.287 e. The number of nitrogens with zero attached hydrogens (tertiary/aromatic N) is 3. The molecule has 0 aliphatic rings. The highest BCUT2D eigenvalue weighted by molar-refractivity contribution is 9.10. The van der Waals surface area contributed by atoms with E-state index in [0.717, 1.165) is 41.1 Å². The van der Waals surface area contributed by atoms with E-state index in [9.17, 15) is 10.1 Å². The van der Waals surface area contributed by atoms with E-state index in [0.29, 0.717) is 23.0 Å². The standard InChI is InChI=1S/C23H22BrN3O/c1-3-9-21-26-23(28)22(24)20(4-2)27(21)15-17-12-8-13-18(19(17)14-25)16-10-6-5-7-11-16/h5-8,10-13H,3-4,9,15H2,1-2H3. The molecular weight excluding hydrogens is 414 g/mol. The van der Waals surface area contributed by atoms with Gasteiger partial charge >= 0.3 is 0 Å². The van der Waals surface area contributed by atoms with E-state index < -0.39 is 0 Å². The molecular formula is C23H22BrN3O. The second-order valence-corrected chi connectivity index (χ2v) is 7.39. The number of rotatable bonds is 6. The van der Waals surface area contributed by atoms with Crippen molar-refractivity contribution in [3.8, 4) is 17.2 Å². The maximum Gasteiger partial charge on any atom is 0.287 e. The zero-order valence-electron chi connectivity index (χ0n) is 16.1. The van der Waals surface area contributed by atoms with Crippen LogP contribution in [0.5, 0.6) is 0 Å². The summed E-state index contributed by atoms with van der Waals surface area (Å²) >= 11 is 3.42. The van der Waals surface area contributed by atoms with Crippen molar-refractivity contribution in [3.05, 3.63) is 86.0 Å². The molecule has 0 unspecified atom stereocenters. The Kier molecular flexibility index (Phi) is 6.43. The van der Waals surface area contributed by atoms with Gasteiger partial charge < -0.3 is 4.57 Å². The van der Waals surface area contributed by atoms with Gasteiger partial charge in [0.15, 0.2) is 0 Å². The highest BCUT2D eigenvalue weighted by atomic mass is 79.9. The van der Waals surface area contributed by atoms with Crippen molar-refractivity contribution in [2.45, 2.75) is 39.7 Å². The molecule has 0 spiro atoms. The fraction of sp³-hybridized carbons (Fsp3) is 0.261. The van der Waals surface area contributed by atoms with Crippen LogP contribution in [0.15, 0.2) is 57.8 Å². The molecule has 0 saturated heterocycles. The van der Waals surface area contributed by atoms with Crippen LogP contribution in [0.2, 0.25) is 0 Å². The lowest BCUT2D eigenvalue weighted by molar-refractivity contribution is 0.631. The molecule has 0 aliphatic carbocycles. The van der Waals surface area contributed by atoms with Crippen LogP contribution in [-0.2, 0) is 19.4 Å². The van der Waals surface area contributed by atoms with Gasteiger partial charge in [-0.2, -0.15) is 10.2 Å². The third-order valence-corrected chi connectivity index (χ3v) is 5.59. The Morgan fingerprint density at radius 3 is 2.50 bits per heavy atom. The Balaban J connectivity index is 2.17. The van der Waals surface area contributed by atoms with Crippen LogP contribution in [0.4, 0.5) is 0 Å². The quantitative estimate of drug-likeness (QED) is 0.540. The summed E-state index contributed by atoms with van der Waals surface area (Å²) in [6.45, 7) is 4.60. The average molecular weight is 436 g/mol. The SMILES string of the molecule is CCCc1nc(=O)c(Br)c(CC)n1Cc1cccc(-c2ccccc2)c1C#N. The molecule has 3 aromatic rings. The first kappa shape index (κ1) is 20.0. The van der Waals surface area contributed by atoms with Crippen LogP contribution < -0.4 is 5.56 Å². The van der Waals surface area contributed by atoms with Gasteiger partial charge in [0.05, 0.1) is 12.1 Å². The summed E-state index contributed by atoms with van der Waals surface area (Å²) in [5.41, 5.74) is 4.21. The van der Waals surface area contributed by atoms with Crippen LogP contribution >= 0.6 is 15.9 Å². The van der Waals surface area contributed by atoms with Crippen molar-refractivity contribution < 1.29 is 0 Å². The molecule has 0 atom stereocenters. The number of hydrogen-bond donors (Lipinski definition) is 0. The van der Waals surface area contributed by atoms with E-state index in [-0.39, 0.29) is 5.56 Å². The van der Waals surface area contributed by atoms with Gasteiger partial charge in [0.2, 0.25) is 0 Å². The summed E-state index contributed by atoms with van der Waals surface area (Å²) in [4.78, 5) is 16.5. The minimum absolute atomic E-state index is 0.227. The minimum atomic E-state index is -0.227. The molecule has 2 aromatic carbocycles. The van der Waals surface area contributed by atoms with Crippen LogP contribution in [0, 0.1) is 11.3 Å². The third kappa shape index (κ3) is 3.93. The van der Waals surface area contributed by atoms with Crippen molar-refractivity contribution >= 4 is 15.9 Å². The molecule has 28 heavy (non-hydrogen) atoms. The number of nitriles is 1. The fourth-order valence-corrected chi connectivity index (χ4v) is 4.05. The van der Waals surface area contributed by atoms with E-state index in [1.54, 1.807) is 0 Å². The predicted molar refractivity (Wildman–Crippen MR) is 115 cm³/mol. The third-order valence-electron chi connectivity index (χ3n) is 4.79. The first-order chi connectivity index (χ1) is 13.6. The highest BCUT2D eigenvalue weighted by Crippen LogP contribution is 2.27. The van der Waals surface area contributed by atoms with Gasteiger partial charge in [-0.15, -0.1) is 0 Å². The van der Waals surface area contributed by atoms with E-state index >= 15 is 0 Å². The van der Waals surface area contributed by atoms with Crippen LogP contribution in [0.1, 0.15) is 42.9 Å². The number of benzene rings is 2. The molecule has 4 nitrogen and oxygen atoms in total. The summed E-state index contributed by atoms with van der Waals surface area (Å²) < 4.78 is 2.59. The van der Waals surface area contributed by atoms with E-state index in [2.05, 4.69) is 38.5 Å². The Labute approximate surface area is 173 Å². The maximum absolute atomic E-state index is 12.2. The van der Waals surface area contributed by atoms with Crippen LogP contribution in [0.3, 0.4) is 0 Å². The van der Waals surface area contributed by atoms with Crippen LogP contribution in [-0.4, -0.2) is 9.55 Å². The van der Waals surface area contributed by atoms with E-state index in [1.807, 2.05) is 55.5 Å². The number of halogens is 1. The molecule has 3 rings (SSSR count). The number of aromatic nitrogens is 2. The molecule has 1 aromatic heterocycles. The second-order valence-electron chi connectivity index (χ2n) is 6.60. The first-order valence-corrected chi connectivity index (χ1v) is 10.2. The lowest BCUT2D eigenvalue weighted by Gasteiger charge is -2.19.